The van der Waals surface area contributed by atoms with Gasteiger partial charge in [0.1, 0.15) is 47.7 Å². The third-order valence-corrected chi connectivity index (χ3v) is 11.7. The largest absolute Gasteiger partial charge is 0.472 e. The number of halogens is 1. The fourth-order valence-corrected chi connectivity index (χ4v) is 8.39. The Morgan fingerprint density at radius 2 is 1.74 bits per heavy atom. The van der Waals surface area contributed by atoms with Crippen LogP contribution in [0.15, 0.2) is 48.8 Å². The lowest BCUT2D eigenvalue weighted by molar-refractivity contribution is -0.127. The Balaban J connectivity index is 1.04. The van der Waals surface area contributed by atoms with Crippen LogP contribution in [0.4, 0.5) is 10.2 Å². The van der Waals surface area contributed by atoms with Crippen molar-refractivity contribution in [2.24, 2.45) is 0 Å². The first kappa shape index (κ1) is 44.8. The number of fused-ring (bicyclic) bond motifs is 2. The molecule has 1 aromatic carbocycles. The molecule has 2 fully saturated rings. The Kier molecular flexibility index (Phi) is 16.6. The molecule has 1 aliphatic carbocycles. The highest BCUT2D eigenvalue weighted by Gasteiger charge is 2.82. The minimum absolute atomic E-state index is 0.00100. The molecule has 2 aliphatic rings. The summed E-state index contributed by atoms with van der Waals surface area (Å²) in [6, 6.07) is 9.02. The van der Waals surface area contributed by atoms with Gasteiger partial charge in [0.05, 0.1) is 37.1 Å². The van der Waals surface area contributed by atoms with Crippen LogP contribution >= 0.6 is 7.82 Å². The predicted octanol–water partition coefficient (Wildman–Crippen LogP) is 7.18. The number of hydrogen-bond acceptors (Lipinski definition) is 12. The van der Waals surface area contributed by atoms with Crippen molar-refractivity contribution in [3.8, 4) is 6.07 Å². The molecule has 1 saturated heterocycles. The Bertz CT molecular complexity index is 1860. The number of ether oxygens (including phenoxy) is 3. The van der Waals surface area contributed by atoms with Gasteiger partial charge in [0, 0.05) is 6.61 Å². The number of nitrogen functional groups attached to an aromatic ring is 1. The second-order valence-electron chi connectivity index (χ2n) is 15.3. The minimum Gasteiger partial charge on any atom is -0.386 e. The number of phosphoric acid groups is 1. The Hall–Kier alpha value is -3.29. The van der Waals surface area contributed by atoms with Gasteiger partial charge in [0.2, 0.25) is 0 Å². The number of aliphatic hydroxyl groups is 2. The molecule has 2 unspecified atom stereocenters. The Labute approximate surface area is 334 Å². The molecule has 16 heteroatoms. The van der Waals surface area contributed by atoms with Crippen molar-refractivity contribution in [2.45, 2.75) is 146 Å². The van der Waals surface area contributed by atoms with E-state index in [-0.39, 0.29) is 24.6 Å². The monoisotopic (exact) mass is 815 g/mol. The topological polar surface area (TPSA) is 204 Å². The summed E-state index contributed by atoms with van der Waals surface area (Å²) in [6.45, 7) is 3.67. The number of phosphoric ester groups is 1. The molecule has 2 aromatic heterocycles. The van der Waals surface area contributed by atoms with E-state index in [0.717, 1.165) is 38.2 Å². The van der Waals surface area contributed by atoms with Gasteiger partial charge in [0.15, 0.2) is 11.4 Å². The Morgan fingerprint density at radius 1 is 1.05 bits per heavy atom. The van der Waals surface area contributed by atoms with E-state index in [1.54, 1.807) is 19.1 Å². The molecule has 314 valence electrons. The number of rotatable bonds is 27. The first-order valence-electron chi connectivity index (χ1n) is 20.3. The van der Waals surface area contributed by atoms with Gasteiger partial charge in [-0.15, -0.1) is 0 Å². The summed E-state index contributed by atoms with van der Waals surface area (Å²) in [5.41, 5.74) is 3.85. The number of allylic oxidation sites excluding steroid dienone is 2. The molecule has 57 heavy (non-hydrogen) atoms. The van der Waals surface area contributed by atoms with Crippen molar-refractivity contribution in [1.82, 2.24) is 14.6 Å². The highest BCUT2D eigenvalue weighted by atomic mass is 31.2. The summed E-state index contributed by atoms with van der Waals surface area (Å²) >= 11 is 0. The van der Waals surface area contributed by atoms with E-state index in [9.17, 15) is 29.3 Å². The normalized spacial score (nSPS) is 24.5. The molecule has 0 amide bonds. The van der Waals surface area contributed by atoms with E-state index in [2.05, 4.69) is 29.2 Å². The van der Waals surface area contributed by atoms with Crippen LogP contribution in [0.25, 0.3) is 5.52 Å². The van der Waals surface area contributed by atoms with Crippen molar-refractivity contribution in [3.05, 3.63) is 71.4 Å². The Morgan fingerprint density at radius 3 is 2.40 bits per heavy atom. The molecule has 0 radical (unpaired) electrons. The summed E-state index contributed by atoms with van der Waals surface area (Å²) in [5.74, 6) is -0.384. The van der Waals surface area contributed by atoms with Crippen LogP contribution in [0.3, 0.4) is 0 Å². The summed E-state index contributed by atoms with van der Waals surface area (Å²) in [5, 5.41) is 36.0. The number of anilines is 1. The first-order valence-corrected chi connectivity index (χ1v) is 21.8. The van der Waals surface area contributed by atoms with E-state index in [4.69, 9.17) is 29.0 Å². The number of nitrogens with two attached hydrogens (primary N) is 1. The average Bonchev–Trinajstić information content (AvgIpc) is 3.43. The van der Waals surface area contributed by atoms with Gasteiger partial charge >= 0.3 is 7.82 Å². The SMILES string of the molecule is CCCCCCCC/C=C\CCCCCCCCOC[C@H](COP(=O)(O)OC1[C@H]2O[C@@](C)(c3ccc4c(N)ncnn34)[C@H](O)[C@@]12O)OCc1cc(F)cc(C#N)c1. The average molecular weight is 816 g/mol. The third-order valence-electron chi connectivity index (χ3n) is 10.7. The maximum atomic E-state index is 14.1. The second kappa shape index (κ2) is 21.1. The minimum atomic E-state index is -4.84. The molecule has 1 saturated carbocycles. The van der Waals surface area contributed by atoms with Crippen molar-refractivity contribution >= 4 is 19.2 Å². The van der Waals surface area contributed by atoms with Crippen LogP contribution in [0.2, 0.25) is 0 Å². The van der Waals surface area contributed by atoms with Gasteiger partial charge in [-0.1, -0.05) is 76.9 Å². The fraction of sp³-hybridized carbons (Fsp3) is 0.634. The van der Waals surface area contributed by atoms with Crippen molar-refractivity contribution in [2.75, 3.05) is 25.6 Å². The third kappa shape index (κ3) is 11.9. The van der Waals surface area contributed by atoms with Gasteiger partial charge in [0.25, 0.3) is 0 Å². The summed E-state index contributed by atoms with van der Waals surface area (Å²) < 4.78 is 57.1. The molecule has 0 spiro atoms. The number of aliphatic hydroxyl groups excluding tert-OH is 1. The van der Waals surface area contributed by atoms with Crippen LogP contribution in [-0.4, -0.2) is 79.5 Å². The van der Waals surface area contributed by atoms with E-state index < -0.39 is 55.9 Å². The number of aromatic nitrogens is 3. The van der Waals surface area contributed by atoms with E-state index in [1.165, 1.54) is 80.8 Å². The fourth-order valence-electron chi connectivity index (χ4n) is 7.41. The molecule has 0 bridgehead atoms. The zero-order valence-electron chi connectivity index (χ0n) is 33.1. The van der Waals surface area contributed by atoms with Crippen molar-refractivity contribution in [1.29, 1.82) is 5.26 Å². The van der Waals surface area contributed by atoms with Crippen molar-refractivity contribution in [3.63, 3.8) is 0 Å². The van der Waals surface area contributed by atoms with Gasteiger partial charge < -0.3 is 35.1 Å². The lowest BCUT2D eigenvalue weighted by Gasteiger charge is -2.32. The van der Waals surface area contributed by atoms with Gasteiger partial charge in [-0.25, -0.2) is 18.5 Å². The molecule has 7 atom stereocenters. The standard InChI is InChI=1S/C41H59FN5O9P/c1-3-4-5-6-7-8-9-10-11-12-13-14-15-16-17-18-21-52-27-33(53-26-31-22-30(25-43)23-32(42)24-31)28-54-57(50,51)56-37-36-41(37,49)39(48)40(2,55-36)35-20-19-34-38(44)45-29-46-47(34)35/h10-11,19-20,22-24,29,33,36-37,39,48-49H,3-9,12-18,21,26-28H2,1-2H3,(H,50,51)(H2,44,45,46)/b11-10-/t33-,36-,37?,39+,40+,41+/m1/s1. The molecular formula is C41H59FN5O9P. The number of hydrogen-bond donors (Lipinski definition) is 4. The zero-order chi connectivity index (χ0) is 40.9. The number of unbranched alkanes of at least 4 members (excludes halogenated alkanes) is 12. The summed E-state index contributed by atoms with van der Waals surface area (Å²) in [4.78, 5) is 14.6. The molecule has 5 rings (SSSR count). The summed E-state index contributed by atoms with van der Waals surface area (Å²) in [7, 11) is -4.84. The van der Waals surface area contributed by atoms with E-state index in [1.807, 2.05) is 6.07 Å². The molecule has 14 nitrogen and oxygen atoms in total. The smallest absolute Gasteiger partial charge is 0.386 e. The van der Waals surface area contributed by atoms with E-state index >= 15 is 0 Å². The number of nitriles is 1. The number of benzene rings is 1. The van der Waals surface area contributed by atoms with Crippen LogP contribution in [0.1, 0.15) is 121 Å². The molecule has 3 aromatic rings. The van der Waals surface area contributed by atoms with E-state index in [0.29, 0.717) is 23.4 Å². The highest BCUT2D eigenvalue weighted by molar-refractivity contribution is 7.47. The maximum absolute atomic E-state index is 14.1. The van der Waals surface area contributed by atoms with Crippen LogP contribution in [0.5, 0.6) is 0 Å². The number of nitrogens with zero attached hydrogens (tertiary/aromatic N) is 4. The lowest BCUT2D eigenvalue weighted by atomic mass is 9.91. The predicted molar refractivity (Wildman–Crippen MR) is 211 cm³/mol. The van der Waals surface area contributed by atoms with Gasteiger partial charge in [-0.3, -0.25) is 9.05 Å². The molecule has 3 heterocycles. The molecule has 1 aliphatic heterocycles. The van der Waals surface area contributed by atoms with Crippen LogP contribution in [-0.2, 0) is 40.0 Å². The lowest BCUT2D eigenvalue weighted by Crippen LogP contribution is -2.46. The second-order valence-corrected chi connectivity index (χ2v) is 16.7. The van der Waals surface area contributed by atoms with Gasteiger partial charge in [-0.05, 0) is 74.9 Å². The summed E-state index contributed by atoms with van der Waals surface area (Å²) in [6.07, 6.45) is 17.6. The highest BCUT2D eigenvalue weighted by Crippen LogP contribution is 2.63. The molecule has 5 N–H and O–H groups in total. The quantitative estimate of drug-likeness (QED) is 0.0342. The van der Waals surface area contributed by atoms with Crippen molar-refractivity contribution < 1.29 is 47.3 Å². The first-order chi connectivity index (χ1) is 27.4. The maximum Gasteiger partial charge on any atom is 0.472 e. The molecular weight excluding hydrogens is 756 g/mol. The van der Waals surface area contributed by atoms with Gasteiger partial charge in [-0.2, -0.15) is 10.4 Å². The van der Waals surface area contributed by atoms with Crippen LogP contribution < -0.4 is 5.73 Å². The zero-order valence-corrected chi connectivity index (χ0v) is 34.0. The van der Waals surface area contributed by atoms with Crippen LogP contribution in [0, 0.1) is 17.1 Å².